The number of hydrogen-bond donors (Lipinski definition) is 0. The summed E-state index contributed by atoms with van der Waals surface area (Å²) < 4.78 is 7.13. The van der Waals surface area contributed by atoms with Crippen molar-refractivity contribution in [3.05, 3.63) is 68.5 Å². The molecule has 0 fully saturated rings. The van der Waals surface area contributed by atoms with Crippen LogP contribution in [0.15, 0.2) is 34.9 Å². The second-order valence-corrected chi connectivity index (χ2v) is 8.57. The van der Waals surface area contributed by atoms with Gasteiger partial charge in [0, 0.05) is 23.0 Å². The molecule has 0 atom stereocenters. The lowest BCUT2D eigenvalue weighted by atomic mass is 10.2. The molecule has 1 aromatic carbocycles. The van der Waals surface area contributed by atoms with Gasteiger partial charge in [0.1, 0.15) is 10.6 Å². The van der Waals surface area contributed by atoms with Crippen LogP contribution in [0.4, 0.5) is 0 Å². The zero-order valence-electron chi connectivity index (χ0n) is 16.7. The fraction of sp³-hybridized carbons (Fsp3) is 0.286. The second kappa shape index (κ2) is 7.65. The summed E-state index contributed by atoms with van der Waals surface area (Å²) in [7, 11) is 1.79. The van der Waals surface area contributed by atoms with Crippen LogP contribution in [0.3, 0.4) is 0 Å². The van der Waals surface area contributed by atoms with Gasteiger partial charge in [0.15, 0.2) is 0 Å². The number of halogens is 1. The second-order valence-electron chi connectivity index (χ2n) is 7.13. The van der Waals surface area contributed by atoms with Crippen molar-refractivity contribution in [1.29, 1.82) is 0 Å². The molecule has 8 heteroatoms. The lowest BCUT2D eigenvalue weighted by molar-refractivity contribution is 0.0789. The van der Waals surface area contributed by atoms with Gasteiger partial charge in [-0.25, -0.2) is 0 Å². The van der Waals surface area contributed by atoms with Crippen LogP contribution in [-0.4, -0.2) is 32.8 Å². The lowest BCUT2D eigenvalue weighted by Crippen LogP contribution is -2.25. The number of aryl methyl sites for hydroxylation is 3. The molecule has 3 heterocycles. The fourth-order valence-electron chi connectivity index (χ4n) is 3.34. The third kappa shape index (κ3) is 3.68. The molecule has 29 heavy (non-hydrogen) atoms. The Kier molecular flexibility index (Phi) is 5.19. The van der Waals surface area contributed by atoms with E-state index >= 15 is 0 Å². The standard InChI is InChI=1S/C21H21ClN4O2S/c1-12-16-9-19(20(27)25(4)11-17-13(2)24-28-14(17)3)29-21(16)26(23-12)10-15-7-5-6-8-18(15)22/h5-9H,10-11H2,1-4H3. The molecule has 0 bridgehead atoms. The highest BCUT2D eigenvalue weighted by Crippen LogP contribution is 2.30. The first-order chi connectivity index (χ1) is 13.8. The van der Waals surface area contributed by atoms with Gasteiger partial charge in [0.25, 0.3) is 5.91 Å². The number of thiophene rings is 1. The summed E-state index contributed by atoms with van der Waals surface area (Å²) in [5.41, 5.74) is 3.65. The zero-order valence-corrected chi connectivity index (χ0v) is 18.3. The molecular formula is C21H21ClN4O2S. The fourth-order valence-corrected chi connectivity index (χ4v) is 4.69. The van der Waals surface area contributed by atoms with Crippen molar-refractivity contribution in [3.63, 3.8) is 0 Å². The number of hydrogen-bond acceptors (Lipinski definition) is 5. The number of amides is 1. The summed E-state index contributed by atoms with van der Waals surface area (Å²) in [6.07, 6.45) is 0. The predicted octanol–water partition coefficient (Wildman–Crippen LogP) is 4.98. The van der Waals surface area contributed by atoms with E-state index in [0.29, 0.717) is 23.0 Å². The predicted molar refractivity (Wildman–Crippen MR) is 115 cm³/mol. The maximum atomic E-state index is 13.0. The Bertz CT molecular complexity index is 1190. The number of rotatable bonds is 5. The van der Waals surface area contributed by atoms with Gasteiger partial charge in [-0.3, -0.25) is 9.48 Å². The number of fused-ring (bicyclic) bond motifs is 1. The molecule has 150 valence electrons. The van der Waals surface area contributed by atoms with Crippen molar-refractivity contribution in [2.45, 2.75) is 33.9 Å². The highest BCUT2D eigenvalue weighted by molar-refractivity contribution is 7.20. The SMILES string of the molecule is Cc1noc(C)c1CN(C)C(=O)c1cc2c(C)nn(Cc3ccccc3Cl)c2s1. The van der Waals surface area contributed by atoms with E-state index in [1.165, 1.54) is 11.3 Å². The van der Waals surface area contributed by atoms with Crippen molar-refractivity contribution in [3.8, 4) is 0 Å². The lowest BCUT2D eigenvalue weighted by Gasteiger charge is -2.15. The average Bonchev–Trinajstić information content (AvgIpc) is 3.35. The van der Waals surface area contributed by atoms with Crippen LogP contribution in [0.5, 0.6) is 0 Å². The number of carbonyl (C=O) groups is 1. The Balaban J connectivity index is 1.62. The minimum Gasteiger partial charge on any atom is -0.361 e. The molecule has 0 saturated heterocycles. The molecule has 0 aliphatic heterocycles. The van der Waals surface area contributed by atoms with Crippen LogP contribution >= 0.6 is 22.9 Å². The Morgan fingerprint density at radius 2 is 2.00 bits per heavy atom. The van der Waals surface area contributed by atoms with E-state index in [1.54, 1.807) is 11.9 Å². The van der Waals surface area contributed by atoms with Crippen molar-refractivity contribution in [1.82, 2.24) is 19.8 Å². The van der Waals surface area contributed by atoms with Gasteiger partial charge in [-0.15, -0.1) is 11.3 Å². The van der Waals surface area contributed by atoms with Crippen LogP contribution in [-0.2, 0) is 13.1 Å². The van der Waals surface area contributed by atoms with Gasteiger partial charge in [0.05, 0.1) is 29.4 Å². The van der Waals surface area contributed by atoms with Gasteiger partial charge in [0.2, 0.25) is 0 Å². The first-order valence-electron chi connectivity index (χ1n) is 9.22. The number of nitrogens with zero attached hydrogens (tertiary/aromatic N) is 4. The minimum atomic E-state index is -0.0325. The van der Waals surface area contributed by atoms with E-state index in [-0.39, 0.29) is 5.91 Å². The molecule has 6 nitrogen and oxygen atoms in total. The summed E-state index contributed by atoms with van der Waals surface area (Å²) in [6.45, 7) is 6.72. The quantitative estimate of drug-likeness (QED) is 0.449. The van der Waals surface area contributed by atoms with E-state index in [4.69, 9.17) is 16.1 Å². The van der Waals surface area contributed by atoms with Crippen LogP contribution in [0.2, 0.25) is 5.02 Å². The largest absolute Gasteiger partial charge is 0.361 e. The van der Waals surface area contributed by atoms with Gasteiger partial charge in [-0.05, 0) is 38.5 Å². The van der Waals surface area contributed by atoms with E-state index in [1.807, 2.05) is 55.8 Å². The molecule has 0 unspecified atom stereocenters. The number of benzene rings is 1. The Labute approximate surface area is 177 Å². The zero-order chi connectivity index (χ0) is 20.7. The summed E-state index contributed by atoms with van der Waals surface area (Å²) >= 11 is 7.77. The molecule has 4 aromatic rings. The monoisotopic (exact) mass is 428 g/mol. The maximum Gasteiger partial charge on any atom is 0.264 e. The summed E-state index contributed by atoms with van der Waals surface area (Å²) in [6, 6.07) is 9.66. The van der Waals surface area contributed by atoms with E-state index in [0.717, 1.165) is 38.5 Å². The number of carbonyl (C=O) groups excluding carboxylic acids is 1. The molecule has 0 radical (unpaired) electrons. The Morgan fingerprint density at radius 1 is 1.24 bits per heavy atom. The van der Waals surface area contributed by atoms with Crippen LogP contribution < -0.4 is 0 Å². The third-order valence-corrected chi connectivity index (χ3v) is 6.52. The molecule has 0 aliphatic rings. The molecule has 0 saturated carbocycles. The summed E-state index contributed by atoms with van der Waals surface area (Å²) in [4.78, 5) is 16.4. The average molecular weight is 429 g/mol. The van der Waals surface area contributed by atoms with Crippen LogP contribution in [0.1, 0.15) is 37.9 Å². The molecule has 1 amide bonds. The van der Waals surface area contributed by atoms with Crippen molar-refractivity contribution >= 4 is 39.1 Å². The Morgan fingerprint density at radius 3 is 2.69 bits per heavy atom. The van der Waals surface area contributed by atoms with E-state index in [2.05, 4.69) is 10.3 Å². The first kappa shape index (κ1) is 19.7. The summed E-state index contributed by atoms with van der Waals surface area (Å²) in [5.74, 6) is 0.708. The highest BCUT2D eigenvalue weighted by atomic mass is 35.5. The van der Waals surface area contributed by atoms with Crippen LogP contribution in [0.25, 0.3) is 10.2 Å². The highest BCUT2D eigenvalue weighted by Gasteiger charge is 2.21. The molecule has 3 aromatic heterocycles. The first-order valence-corrected chi connectivity index (χ1v) is 10.4. The molecule has 0 aliphatic carbocycles. The molecule has 0 spiro atoms. The van der Waals surface area contributed by atoms with E-state index < -0.39 is 0 Å². The maximum absolute atomic E-state index is 13.0. The normalized spacial score (nSPS) is 11.3. The van der Waals surface area contributed by atoms with Crippen LogP contribution in [0, 0.1) is 20.8 Å². The van der Waals surface area contributed by atoms with Gasteiger partial charge >= 0.3 is 0 Å². The van der Waals surface area contributed by atoms with E-state index in [9.17, 15) is 4.79 Å². The van der Waals surface area contributed by atoms with Gasteiger partial charge in [-0.1, -0.05) is 35.0 Å². The number of aromatic nitrogens is 3. The molecule has 0 N–H and O–H groups in total. The minimum absolute atomic E-state index is 0.0325. The smallest absolute Gasteiger partial charge is 0.264 e. The topological polar surface area (TPSA) is 64.2 Å². The molecular weight excluding hydrogens is 408 g/mol. The van der Waals surface area contributed by atoms with Gasteiger partial charge < -0.3 is 9.42 Å². The van der Waals surface area contributed by atoms with Crippen molar-refractivity contribution < 1.29 is 9.32 Å². The van der Waals surface area contributed by atoms with Gasteiger partial charge in [-0.2, -0.15) is 5.10 Å². The van der Waals surface area contributed by atoms with Crippen molar-refractivity contribution in [2.24, 2.45) is 0 Å². The Hall–Kier alpha value is -2.64. The third-order valence-electron chi connectivity index (χ3n) is 5.02. The summed E-state index contributed by atoms with van der Waals surface area (Å²) in [5, 5.41) is 10.3. The molecule has 4 rings (SSSR count). The van der Waals surface area contributed by atoms with Crippen molar-refractivity contribution in [2.75, 3.05) is 7.05 Å².